The Kier molecular flexibility index (Phi) is 7.65. The van der Waals surface area contributed by atoms with Gasteiger partial charge in [0.05, 0.1) is 18.8 Å². The summed E-state index contributed by atoms with van der Waals surface area (Å²) in [6, 6.07) is -0.00520. The topological polar surface area (TPSA) is 80.0 Å². The van der Waals surface area contributed by atoms with Crippen molar-refractivity contribution in [1.82, 2.24) is 0 Å². The maximum atomic E-state index is 11.4. The van der Waals surface area contributed by atoms with Crippen LogP contribution in [0, 0.1) is 11.8 Å². The molecule has 0 aromatic carbocycles. The van der Waals surface area contributed by atoms with Crippen molar-refractivity contribution in [2.24, 2.45) is 17.6 Å². The van der Waals surface area contributed by atoms with Crippen molar-refractivity contribution in [2.45, 2.75) is 116 Å². The number of carbonyl (C=O) groups is 1. The molecule has 2 rings (SSSR count). The summed E-state index contributed by atoms with van der Waals surface area (Å²) in [6.45, 7) is 19.1. The van der Waals surface area contributed by atoms with E-state index in [-0.39, 0.29) is 47.2 Å². The summed E-state index contributed by atoms with van der Waals surface area (Å²) in [5, 5.41) is 0.116. The highest BCUT2D eigenvalue weighted by molar-refractivity contribution is 6.74. The van der Waals surface area contributed by atoms with E-state index in [2.05, 4.69) is 40.8 Å². The number of hydrogen-bond acceptors (Lipinski definition) is 6. The first-order valence-corrected chi connectivity index (χ1v) is 14.0. The lowest BCUT2D eigenvalue weighted by molar-refractivity contribution is -0.161. The fourth-order valence-corrected chi connectivity index (χ4v) is 5.88. The Morgan fingerprint density at radius 2 is 1.86 bits per heavy atom. The lowest BCUT2D eigenvalue weighted by Crippen LogP contribution is -2.54. The van der Waals surface area contributed by atoms with Crippen LogP contribution in [0.15, 0.2) is 0 Å². The normalized spacial score (nSPS) is 34.1. The zero-order valence-electron chi connectivity index (χ0n) is 19.9. The zero-order chi connectivity index (χ0) is 22.2. The monoisotopic (exact) mass is 429 g/mol. The molecule has 1 heterocycles. The molecule has 6 nitrogen and oxygen atoms in total. The zero-order valence-corrected chi connectivity index (χ0v) is 20.9. The first-order valence-electron chi connectivity index (χ1n) is 11.1. The van der Waals surface area contributed by atoms with E-state index in [0.717, 1.165) is 19.3 Å². The van der Waals surface area contributed by atoms with Gasteiger partial charge in [-0.3, -0.25) is 4.79 Å². The van der Waals surface area contributed by atoms with Gasteiger partial charge in [0.15, 0.2) is 14.1 Å². The Bertz CT molecular complexity index is 574. The number of esters is 1. The van der Waals surface area contributed by atoms with Gasteiger partial charge in [0.2, 0.25) is 0 Å². The molecule has 0 spiro atoms. The van der Waals surface area contributed by atoms with E-state index in [0.29, 0.717) is 6.61 Å². The van der Waals surface area contributed by atoms with E-state index in [4.69, 9.17) is 24.4 Å². The maximum Gasteiger partial charge on any atom is 0.302 e. The lowest BCUT2D eigenvalue weighted by Gasteiger charge is -2.43. The fourth-order valence-electron chi connectivity index (χ4n) is 4.47. The van der Waals surface area contributed by atoms with Crippen LogP contribution in [0.2, 0.25) is 18.1 Å². The molecular weight excluding hydrogens is 386 g/mol. The minimum atomic E-state index is -1.96. The first-order chi connectivity index (χ1) is 13.1. The molecule has 0 aromatic rings. The summed E-state index contributed by atoms with van der Waals surface area (Å²) in [7, 11) is -1.96. The molecule has 6 unspecified atom stereocenters. The predicted molar refractivity (Wildman–Crippen MR) is 117 cm³/mol. The SMILES string of the molecule is CC(=O)OCC1CCCC(N)C1C1OC(C)(C)OC1C(C)O[Si](C)(C)C(C)(C)C. The van der Waals surface area contributed by atoms with Crippen LogP contribution >= 0.6 is 0 Å². The summed E-state index contributed by atoms with van der Waals surface area (Å²) in [5.41, 5.74) is 6.59. The fraction of sp³-hybridized carbons (Fsp3) is 0.955. The molecule has 0 aromatic heterocycles. The molecule has 2 aliphatic rings. The third-order valence-electron chi connectivity index (χ3n) is 6.94. The number of carbonyl (C=O) groups excluding carboxylic acids is 1. The quantitative estimate of drug-likeness (QED) is 0.503. The summed E-state index contributed by atoms with van der Waals surface area (Å²) in [5.74, 6) is -0.699. The Labute approximate surface area is 178 Å². The van der Waals surface area contributed by atoms with Crippen molar-refractivity contribution in [3.63, 3.8) is 0 Å². The van der Waals surface area contributed by atoms with Crippen LogP contribution in [0.4, 0.5) is 0 Å². The van der Waals surface area contributed by atoms with Gasteiger partial charge in [0.1, 0.15) is 6.10 Å². The second-order valence-electron chi connectivity index (χ2n) is 10.9. The highest BCUT2D eigenvalue weighted by atomic mass is 28.4. The largest absolute Gasteiger partial charge is 0.466 e. The Balaban J connectivity index is 2.25. The molecule has 1 aliphatic carbocycles. The van der Waals surface area contributed by atoms with Crippen LogP contribution in [0.25, 0.3) is 0 Å². The van der Waals surface area contributed by atoms with Crippen LogP contribution in [0.1, 0.15) is 67.7 Å². The van der Waals surface area contributed by atoms with Gasteiger partial charge in [-0.1, -0.05) is 27.2 Å². The van der Waals surface area contributed by atoms with Gasteiger partial charge >= 0.3 is 5.97 Å². The second-order valence-corrected chi connectivity index (χ2v) is 15.6. The average molecular weight is 430 g/mol. The molecule has 170 valence electrons. The van der Waals surface area contributed by atoms with Crippen molar-refractivity contribution in [1.29, 1.82) is 0 Å². The summed E-state index contributed by atoms with van der Waals surface area (Å²) in [4.78, 5) is 11.4. The number of hydrogen-bond donors (Lipinski definition) is 1. The van der Waals surface area contributed by atoms with Gasteiger partial charge < -0.3 is 24.4 Å². The van der Waals surface area contributed by atoms with Gasteiger partial charge in [-0.25, -0.2) is 0 Å². The predicted octanol–water partition coefficient (Wildman–Crippen LogP) is 4.22. The molecule has 0 amide bonds. The van der Waals surface area contributed by atoms with Crippen molar-refractivity contribution in [3.05, 3.63) is 0 Å². The van der Waals surface area contributed by atoms with Crippen molar-refractivity contribution >= 4 is 14.3 Å². The van der Waals surface area contributed by atoms with Crippen molar-refractivity contribution < 1.29 is 23.4 Å². The van der Waals surface area contributed by atoms with E-state index in [1.807, 2.05) is 13.8 Å². The molecule has 1 saturated carbocycles. The van der Waals surface area contributed by atoms with Gasteiger partial charge in [-0.15, -0.1) is 0 Å². The van der Waals surface area contributed by atoms with Crippen molar-refractivity contribution in [2.75, 3.05) is 6.61 Å². The van der Waals surface area contributed by atoms with E-state index in [9.17, 15) is 4.79 Å². The maximum absolute atomic E-state index is 11.4. The molecule has 0 bridgehead atoms. The summed E-state index contributed by atoms with van der Waals surface area (Å²) >= 11 is 0. The lowest BCUT2D eigenvalue weighted by atomic mass is 9.72. The highest BCUT2D eigenvalue weighted by Gasteiger charge is 2.53. The third-order valence-corrected chi connectivity index (χ3v) is 11.5. The van der Waals surface area contributed by atoms with Crippen LogP contribution in [0.5, 0.6) is 0 Å². The molecule has 29 heavy (non-hydrogen) atoms. The number of ether oxygens (including phenoxy) is 3. The number of rotatable bonds is 6. The van der Waals surface area contributed by atoms with Crippen LogP contribution in [0.3, 0.4) is 0 Å². The smallest absolute Gasteiger partial charge is 0.302 e. The van der Waals surface area contributed by atoms with Crippen LogP contribution < -0.4 is 5.73 Å². The molecule has 2 N–H and O–H groups in total. The number of nitrogens with two attached hydrogens (primary N) is 1. The molecule has 2 fully saturated rings. The van der Waals surface area contributed by atoms with E-state index >= 15 is 0 Å². The minimum Gasteiger partial charge on any atom is -0.466 e. The van der Waals surface area contributed by atoms with Gasteiger partial charge in [-0.2, -0.15) is 0 Å². The third kappa shape index (κ3) is 6.03. The molecule has 7 heteroatoms. The van der Waals surface area contributed by atoms with Gasteiger partial charge in [-0.05, 0) is 57.7 Å². The van der Waals surface area contributed by atoms with Crippen LogP contribution in [-0.4, -0.2) is 51.0 Å². The molecule has 1 saturated heterocycles. The van der Waals surface area contributed by atoms with E-state index in [1.54, 1.807) is 0 Å². The Morgan fingerprint density at radius 1 is 1.24 bits per heavy atom. The summed E-state index contributed by atoms with van der Waals surface area (Å²) < 4.78 is 24.8. The second kappa shape index (κ2) is 8.95. The van der Waals surface area contributed by atoms with Crippen molar-refractivity contribution in [3.8, 4) is 0 Å². The Morgan fingerprint density at radius 3 is 2.41 bits per heavy atom. The molecule has 6 atom stereocenters. The van der Waals surface area contributed by atoms with E-state index in [1.165, 1.54) is 6.92 Å². The van der Waals surface area contributed by atoms with Crippen LogP contribution in [-0.2, 0) is 23.4 Å². The van der Waals surface area contributed by atoms with E-state index < -0.39 is 14.1 Å². The average Bonchev–Trinajstić information content (AvgIpc) is 2.87. The molecule has 1 aliphatic heterocycles. The standard InChI is InChI=1S/C22H43NO5Si/c1-14(28-29(8,9)21(3,4)5)19-20(27-22(6,7)26-19)18-16(13-25-15(2)24)11-10-12-17(18)23/h14,16-20H,10-13,23H2,1-9H3. The Hall–Kier alpha value is -0.473. The van der Waals surface area contributed by atoms with Gasteiger partial charge in [0.25, 0.3) is 0 Å². The van der Waals surface area contributed by atoms with Gasteiger partial charge in [0, 0.05) is 18.9 Å². The minimum absolute atomic E-state index is 0.00520. The first kappa shape index (κ1) is 24.8. The summed E-state index contributed by atoms with van der Waals surface area (Å²) in [6.07, 6.45) is 2.49. The molecule has 0 radical (unpaired) electrons. The molecular formula is C22H43NO5Si. The highest BCUT2D eigenvalue weighted by Crippen LogP contribution is 2.44.